The molecule has 0 atom stereocenters. The van der Waals surface area contributed by atoms with E-state index in [1.165, 1.54) is 24.1 Å². The normalized spacial score (nSPS) is 15.3. The van der Waals surface area contributed by atoms with Crippen molar-refractivity contribution in [3.63, 3.8) is 0 Å². The molecular formula is C12H19N. The first-order valence-electron chi connectivity index (χ1n) is 5.14. The van der Waals surface area contributed by atoms with Crippen LogP contribution in [0.2, 0.25) is 0 Å². The fourth-order valence-corrected chi connectivity index (χ4v) is 2.08. The molecule has 0 unspecified atom stereocenters. The Labute approximate surface area is 81.6 Å². The summed E-state index contributed by atoms with van der Waals surface area (Å²) < 4.78 is 0. The molecular weight excluding hydrogens is 158 g/mol. The Morgan fingerprint density at radius 1 is 1.38 bits per heavy atom. The number of fused-ring (bicyclic) bond motifs is 1. The van der Waals surface area contributed by atoms with Gasteiger partial charge >= 0.3 is 0 Å². The van der Waals surface area contributed by atoms with Gasteiger partial charge in [0.2, 0.25) is 0 Å². The molecule has 0 aromatic heterocycles. The lowest BCUT2D eigenvalue weighted by Gasteiger charge is -2.22. The Kier molecular flexibility index (Phi) is 2.26. The summed E-state index contributed by atoms with van der Waals surface area (Å²) in [7, 11) is 0. The highest BCUT2D eigenvalue weighted by molar-refractivity contribution is 5.57. The van der Waals surface area contributed by atoms with Crippen molar-refractivity contribution in [2.45, 2.75) is 32.6 Å². The maximum atomic E-state index is 3.46. The summed E-state index contributed by atoms with van der Waals surface area (Å²) in [6.45, 7) is 5.67. The van der Waals surface area contributed by atoms with Crippen LogP contribution in [0.5, 0.6) is 0 Å². The van der Waals surface area contributed by atoms with Crippen molar-refractivity contribution in [3.8, 4) is 0 Å². The zero-order valence-corrected chi connectivity index (χ0v) is 8.43. The average molecular weight is 177 g/mol. The second kappa shape index (κ2) is 3.41. The predicted octanol–water partition coefficient (Wildman–Crippen LogP) is 3.41. The Bertz CT molecular complexity index is 307. The number of hydrogen-bond acceptors (Lipinski definition) is 1. The van der Waals surface area contributed by atoms with Gasteiger partial charge in [-0.25, -0.2) is 0 Å². The van der Waals surface area contributed by atoms with Crippen LogP contribution < -0.4 is 5.32 Å². The molecule has 0 bridgehead atoms. The van der Waals surface area contributed by atoms with E-state index in [0.717, 1.165) is 6.54 Å². The van der Waals surface area contributed by atoms with Crippen molar-refractivity contribution in [1.29, 1.82) is 0 Å². The summed E-state index contributed by atoms with van der Waals surface area (Å²) in [5, 5.41) is 3.46. The maximum absolute atomic E-state index is 3.46. The molecule has 0 saturated heterocycles. The Hall–Kier alpha value is -0.980. The fourth-order valence-electron chi connectivity index (χ4n) is 2.08. The summed E-state index contributed by atoms with van der Waals surface area (Å²) in [5.74, 6) is 0.648. The molecule has 1 heteroatoms. The number of rotatable bonds is 1. The molecule has 1 N–H and O–H groups in total. The monoisotopic (exact) mass is 177 g/mol. The minimum absolute atomic E-state index is 0. The summed E-state index contributed by atoms with van der Waals surface area (Å²) in [6, 6.07) is 6.61. The second-order valence-corrected chi connectivity index (χ2v) is 4.06. The van der Waals surface area contributed by atoms with Gasteiger partial charge in [-0.2, -0.15) is 0 Å². The third-order valence-corrected chi connectivity index (χ3v) is 2.75. The van der Waals surface area contributed by atoms with Crippen molar-refractivity contribution >= 4 is 5.69 Å². The molecule has 1 nitrogen and oxygen atoms in total. The van der Waals surface area contributed by atoms with Gasteiger partial charge in [0.1, 0.15) is 0 Å². The molecule has 2 rings (SSSR count). The van der Waals surface area contributed by atoms with Gasteiger partial charge in [0.05, 0.1) is 0 Å². The van der Waals surface area contributed by atoms with Crippen LogP contribution in [0.1, 0.15) is 38.7 Å². The molecule has 0 spiro atoms. The first kappa shape index (κ1) is 8.61. The van der Waals surface area contributed by atoms with E-state index >= 15 is 0 Å². The molecule has 13 heavy (non-hydrogen) atoms. The van der Waals surface area contributed by atoms with Gasteiger partial charge in [0, 0.05) is 13.7 Å². The third-order valence-electron chi connectivity index (χ3n) is 2.75. The molecule has 0 saturated carbocycles. The molecule has 0 aliphatic carbocycles. The molecule has 1 aromatic rings. The first-order valence-corrected chi connectivity index (χ1v) is 5.14. The van der Waals surface area contributed by atoms with Crippen molar-refractivity contribution in [1.82, 2.24) is 0 Å². The van der Waals surface area contributed by atoms with E-state index in [2.05, 4.69) is 37.4 Å². The highest BCUT2D eigenvalue weighted by Crippen LogP contribution is 2.29. The van der Waals surface area contributed by atoms with E-state index in [1.807, 2.05) is 0 Å². The molecule has 1 aliphatic rings. The maximum Gasteiger partial charge on any atom is 0.0375 e. The average Bonchev–Trinajstić information content (AvgIpc) is 2.17. The van der Waals surface area contributed by atoms with E-state index < -0.39 is 0 Å². The van der Waals surface area contributed by atoms with Crippen LogP contribution in [-0.4, -0.2) is 6.54 Å². The largest absolute Gasteiger partial charge is 0.385 e. The van der Waals surface area contributed by atoms with Gasteiger partial charge in [0.25, 0.3) is 0 Å². The van der Waals surface area contributed by atoms with Crippen LogP contribution in [0.3, 0.4) is 0 Å². The van der Waals surface area contributed by atoms with E-state index in [-0.39, 0.29) is 1.43 Å². The van der Waals surface area contributed by atoms with Gasteiger partial charge in [-0.05, 0) is 36.0 Å². The molecule has 1 aromatic carbocycles. The lowest BCUT2D eigenvalue weighted by atomic mass is 9.91. The van der Waals surface area contributed by atoms with E-state index in [9.17, 15) is 0 Å². The minimum atomic E-state index is 0. The third kappa shape index (κ3) is 1.55. The second-order valence-electron chi connectivity index (χ2n) is 4.06. The minimum Gasteiger partial charge on any atom is -0.385 e. The number of nitrogens with one attached hydrogen (secondary N) is 1. The van der Waals surface area contributed by atoms with Crippen LogP contribution in [0, 0.1) is 0 Å². The smallest absolute Gasteiger partial charge is 0.0375 e. The lowest BCUT2D eigenvalue weighted by molar-refractivity contribution is 0.782. The zero-order chi connectivity index (χ0) is 9.26. The predicted molar refractivity (Wildman–Crippen MR) is 59.5 cm³/mol. The molecule has 0 radical (unpaired) electrons. The van der Waals surface area contributed by atoms with Crippen LogP contribution in [0.4, 0.5) is 5.69 Å². The molecule has 72 valence electrons. The summed E-state index contributed by atoms with van der Waals surface area (Å²) in [4.78, 5) is 0. The quantitative estimate of drug-likeness (QED) is 0.693. The van der Waals surface area contributed by atoms with Crippen LogP contribution in [0.15, 0.2) is 18.2 Å². The van der Waals surface area contributed by atoms with Gasteiger partial charge in [-0.3, -0.25) is 0 Å². The molecule has 0 fully saturated rings. The van der Waals surface area contributed by atoms with Gasteiger partial charge in [-0.15, -0.1) is 0 Å². The molecule has 1 aliphatic heterocycles. The number of anilines is 1. The summed E-state index contributed by atoms with van der Waals surface area (Å²) >= 11 is 0. The zero-order valence-electron chi connectivity index (χ0n) is 8.43. The van der Waals surface area contributed by atoms with E-state index in [0.29, 0.717) is 5.92 Å². The Balaban J connectivity index is 0.000000980. The first-order chi connectivity index (χ1) is 6.29. The van der Waals surface area contributed by atoms with E-state index in [1.54, 1.807) is 5.56 Å². The van der Waals surface area contributed by atoms with Crippen molar-refractivity contribution < 1.29 is 1.43 Å². The Morgan fingerprint density at radius 3 is 3.00 bits per heavy atom. The van der Waals surface area contributed by atoms with Crippen LogP contribution in [0.25, 0.3) is 0 Å². The van der Waals surface area contributed by atoms with E-state index in [4.69, 9.17) is 0 Å². The van der Waals surface area contributed by atoms with Crippen molar-refractivity contribution in [2.24, 2.45) is 0 Å². The van der Waals surface area contributed by atoms with Crippen molar-refractivity contribution in [2.75, 3.05) is 11.9 Å². The van der Waals surface area contributed by atoms with Gasteiger partial charge in [-0.1, -0.05) is 26.0 Å². The van der Waals surface area contributed by atoms with Crippen LogP contribution in [-0.2, 0) is 6.42 Å². The standard InChI is InChI=1S/C12H17N.H2/c1-9(2)10-5-3-7-12-11(10)6-4-8-13-12;/h3,5,7,9,13H,4,6,8H2,1-2H3;1H. The van der Waals surface area contributed by atoms with Crippen LogP contribution >= 0.6 is 0 Å². The summed E-state index contributed by atoms with van der Waals surface area (Å²) in [6.07, 6.45) is 2.52. The Morgan fingerprint density at radius 2 is 2.23 bits per heavy atom. The fraction of sp³-hybridized carbons (Fsp3) is 0.500. The molecule has 1 heterocycles. The van der Waals surface area contributed by atoms with Gasteiger partial charge in [0.15, 0.2) is 0 Å². The number of benzene rings is 1. The number of hydrogen-bond donors (Lipinski definition) is 1. The van der Waals surface area contributed by atoms with Gasteiger partial charge < -0.3 is 5.32 Å². The molecule has 0 amide bonds. The highest BCUT2D eigenvalue weighted by Gasteiger charge is 2.13. The lowest BCUT2D eigenvalue weighted by Crippen LogP contribution is -2.13. The highest BCUT2D eigenvalue weighted by atomic mass is 14.9. The summed E-state index contributed by atoms with van der Waals surface area (Å²) in [5.41, 5.74) is 4.42. The SMILES string of the molecule is CC(C)c1cccc2c1CCCN2.[HH]. The van der Waals surface area contributed by atoms with Crippen molar-refractivity contribution in [3.05, 3.63) is 29.3 Å². The topological polar surface area (TPSA) is 12.0 Å².